The Bertz CT molecular complexity index is 699. The van der Waals surface area contributed by atoms with E-state index in [1.165, 1.54) is 11.3 Å². The molecule has 0 aliphatic rings. The number of thiophene rings is 1. The van der Waals surface area contributed by atoms with E-state index < -0.39 is 16.1 Å². The van der Waals surface area contributed by atoms with E-state index in [2.05, 4.69) is 15.2 Å². The van der Waals surface area contributed by atoms with Crippen molar-refractivity contribution in [3.8, 4) is 0 Å². The van der Waals surface area contributed by atoms with Crippen LogP contribution in [0.3, 0.4) is 0 Å². The summed E-state index contributed by atoms with van der Waals surface area (Å²) in [5.74, 6) is 0.629. The minimum Gasteiger partial charge on any atom is -0.361 e. The Kier molecular flexibility index (Phi) is 4.82. The predicted molar refractivity (Wildman–Crippen MR) is 81.8 cm³/mol. The van der Waals surface area contributed by atoms with E-state index in [4.69, 9.17) is 4.52 Å². The Labute approximate surface area is 128 Å². The van der Waals surface area contributed by atoms with Gasteiger partial charge in [-0.05, 0) is 44.8 Å². The summed E-state index contributed by atoms with van der Waals surface area (Å²) in [6, 6.07) is 1.29. The molecular weight excluding hydrogens is 310 g/mol. The van der Waals surface area contributed by atoms with Gasteiger partial charge in [-0.25, -0.2) is 13.1 Å². The van der Waals surface area contributed by atoms with Crippen LogP contribution in [0.5, 0.6) is 0 Å². The van der Waals surface area contributed by atoms with Gasteiger partial charge in [-0.1, -0.05) is 5.16 Å². The van der Waals surface area contributed by atoms with Gasteiger partial charge in [0.05, 0.1) is 5.69 Å². The average molecular weight is 329 g/mol. The Morgan fingerprint density at radius 1 is 1.43 bits per heavy atom. The van der Waals surface area contributed by atoms with Crippen molar-refractivity contribution in [2.24, 2.45) is 0 Å². The van der Waals surface area contributed by atoms with E-state index in [1.54, 1.807) is 26.8 Å². The smallest absolute Gasteiger partial charge is 0.250 e. The standard InChI is InChI=1S/C13H19N3O3S2/c1-8-13(10(3)19-15-8)9(2)16-21(17,18)12-5-11(6-14-4)7-20-12/h5,7,9,14,16H,6H2,1-4H3. The maximum atomic E-state index is 12.4. The molecule has 1 atom stereocenters. The molecule has 2 N–H and O–H groups in total. The van der Waals surface area contributed by atoms with E-state index in [1.807, 2.05) is 12.4 Å². The fourth-order valence-corrected chi connectivity index (χ4v) is 4.69. The molecule has 0 aliphatic carbocycles. The second-order valence-electron chi connectivity index (χ2n) is 4.89. The maximum Gasteiger partial charge on any atom is 0.250 e. The summed E-state index contributed by atoms with van der Waals surface area (Å²) in [6.45, 7) is 6.00. The van der Waals surface area contributed by atoms with Crippen LogP contribution < -0.4 is 10.0 Å². The van der Waals surface area contributed by atoms with Gasteiger partial charge in [-0.3, -0.25) is 0 Å². The van der Waals surface area contributed by atoms with Crippen LogP contribution >= 0.6 is 11.3 Å². The summed E-state index contributed by atoms with van der Waals surface area (Å²) in [6.07, 6.45) is 0. The van der Waals surface area contributed by atoms with Gasteiger partial charge in [0, 0.05) is 18.2 Å². The maximum absolute atomic E-state index is 12.4. The summed E-state index contributed by atoms with van der Waals surface area (Å²) in [4.78, 5) is 0. The van der Waals surface area contributed by atoms with Crippen LogP contribution in [0.15, 0.2) is 20.2 Å². The third-order valence-corrected chi connectivity index (χ3v) is 6.16. The second kappa shape index (κ2) is 6.27. The summed E-state index contributed by atoms with van der Waals surface area (Å²) in [5, 5.41) is 8.69. The summed E-state index contributed by atoms with van der Waals surface area (Å²) in [5.41, 5.74) is 2.43. The SMILES string of the molecule is CNCc1csc(S(=O)(=O)NC(C)c2c(C)noc2C)c1. The molecule has 21 heavy (non-hydrogen) atoms. The molecule has 0 spiro atoms. The van der Waals surface area contributed by atoms with Crippen LogP contribution in [0.25, 0.3) is 0 Å². The topological polar surface area (TPSA) is 84.2 Å². The summed E-state index contributed by atoms with van der Waals surface area (Å²) >= 11 is 1.21. The minimum absolute atomic E-state index is 0.311. The van der Waals surface area contributed by atoms with E-state index >= 15 is 0 Å². The fraction of sp³-hybridized carbons (Fsp3) is 0.462. The number of sulfonamides is 1. The predicted octanol–water partition coefficient (Wildman–Crippen LogP) is 2.11. The highest BCUT2D eigenvalue weighted by molar-refractivity contribution is 7.91. The zero-order chi connectivity index (χ0) is 15.6. The molecule has 0 aromatic carbocycles. The van der Waals surface area contributed by atoms with Gasteiger partial charge in [-0.2, -0.15) is 0 Å². The van der Waals surface area contributed by atoms with Crippen LogP contribution in [0, 0.1) is 13.8 Å². The van der Waals surface area contributed by atoms with Gasteiger partial charge in [0.15, 0.2) is 0 Å². The minimum atomic E-state index is -3.55. The highest BCUT2D eigenvalue weighted by Gasteiger charge is 2.24. The highest BCUT2D eigenvalue weighted by atomic mass is 32.2. The summed E-state index contributed by atoms with van der Waals surface area (Å²) < 4.78 is 32.9. The number of rotatable bonds is 6. The van der Waals surface area contributed by atoms with E-state index in [9.17, 15) is 8.42 Å². The van der Waals surface area contributed by atoms with Crippen LogP contribution in [0.2, 0.25) is 0 Å². The molecule has 2 aromatic heterocycles. The van der Waals surface area contributed by atoms with Crippen molar-refractivity contribution in [2.45, 2.75) is 37.6 Å². The lowest BCUT2D eigenvalue weighted by molar-refractivity contribution is 0.391. The molecule has 6 nitrogen and oxygen atoms in total. The van der Waals surface area contributed by atoms with E-state index in [0.717, 1.165) is 11.1 Å². The third kappa shape index (κ3) is 3.52. The van der Waals surface area contributed by atoms with Crippen molar-refractivity contribution in [2.75, 3.05) is 7.05 Å². The Morgan fingerprint density at radius 2 is 2.14 bits per heavy atom. The highest BCUT2D eigenvalue weighted by Crippen LogP contribution is 2.25. The molecular formula is C13H19N3O3S2. The van der Waals surface area contributed by atoms with Gasteiger partial charge in [0.1, 0.15) is 9.97 Å². The first-order valence-corrected chi connectivity index (χ1v) is 8.88. The van der Waals surface area contributed by atoms with Crippen molar-refractivity contribution >= 4 is 21.4 Å². The van der Waals surface area contributed by atoms with Crippen LogP contribution in [0.1, 0.15) is 35.5 Å². The Morgan fingerprint density at radius 3 is 2.71 bits per heavy atom. The number of aryl methyl sites for hydroxylation is 2. The quantitative estimate of drug-likeness (QED) is 0.848. The number of nitrogens with one attached hydrogen (secondary N) is 2. The molecule has 0 saturated carbocycles. The largest absolute Gasteiger partial charge is 0.361 e. The average Bonchev–Trinajstić information content (AvgIpc) is 2.97. The van der Waals surface area contributed by atoms with Crippen LogP contribution in [-0.4, -0.2) is 20.6 Å². The second-order valence-corrected chi connectivity index (χ2v) is 7.74. The van der Waals surface area contributed by atoms with Gasteiger partial charge in [0.25, 0.3) is 10.0 Å². The Balaban J connectivity index is 2.20. The van der Waals surface area contributed by atoms with Gasteiger partial charge >= 0.3 is 0 Å². The van der Waals surface area contributed by atoms with Gasteiger partial charge < -0.3 is 9.84 Å². The fourth-order valence-electron chi connectivity index (χ4n) is 2.25. The molecule has 2 aromatic rings. The molecule has 2 rings (SSSR count). The van der Waals surface area contributed by atoms with E-state index in [-0.39, 0.29) is 0 Å². The molecule has 0 fully saturated rings. The lowest BCUT2D eigenvalue weighted by Crippen LogP contribution is -2.26. The van der Waals surface area contributed by atoms with E-state index in [0.29, 0.717) is 22.2 Å². The monoisotopic (exact) mass is 329 g/mol. The van der Waals surface area contributed by atoms with Crippen molar-refractivity contribution in [3.05, 3.63) is 34.0 Å². The summed E-state index contributed by atoms with van der Waals surface area (Å²) in [7, 11) is -1.72. The van der Waals surface area contributed by atoms with Crippen molar-refractivity contribution < 1.29 is 12.9 Å². The zero-order valence-corrected chi connectivity index (χ0v) is 14.1. The van der Waals surface area contributed by atoms with Crippen molar-refractivity contribution in [1.82, 2.24) is 15.2 Å². The molecule has 8 heteroatoms. The molecule has 0 radical (unpaired) electrons. The molecule has 1 unspecified atom stereocenters. The first-order chi connectivity index (χ1) is 9.85. The van der Waals surface area contributed by atoms with Crippen LogP contribution in [0.4, 0.5) is 0 Å². The molecule has 116 valence electrons. The number of hydrogen-bond acceptors (Lipinski definition) is 6. The molecule has 2 heterocycles. The number of hydrogen-bond donors (Lipinski definition) is 2. The molecule has 0 amide bonds. The lowest BCUT2D eigenvalue weighted by atomic mass is 10.1. The third-order valence-electron chi connectivity index (χ3n) is 3.13. The normalized spacial score (nSPS) is 13.5. The van der Waals surface area contributed by atoms with Crippen molar-refractivity contribution in [1.29, 1.82) is 0 Å². The van der Waals surface area contributed by atoms with Gasteiger partial charge in [0.2, 0.25) is 0 Å². The zero-order valence-electron chi connectivity index (χ0n) is 12.4. The molecule has 0 saturated heterocycles. The number of aromatic nitrogens is 1. The first-order valence-electron chi connectivity index (χ1n) is 6.52. The van der Waals surface area contributed by atoms with Crippen LogP contribution in [-0.2, 0) is 16.6 Å². The number of nitrogens with zero attached hydrogens (tertiary/aromatic N) is 1. The van der Waals surface area contributed by atoms with Gasteiger partial charge in [-0.15, -0.1) is 11.3 Å². The Hall–Kier alpha value is -1.22. The lowest BCUT2D eigenvalue weighted by Gasteiger charge is -2.13. The molecule has 0 bridgehead atoms. The molecule has 0 aliphatic heterocycles. The van der Waals surface area contributed by atoms with Crippen molar-refractivity contribution in [3.63, 3.8) is 0 Å². The first kappa shape index (κ1) is 16.2.